The smallest absolute Gasteiger partial charge is 0.240 e. The molecule has 20 heavy (non-hydrogen) atoms. The van der Waals surface area contributed by atoms with E-state index in [9.17, 15) is 8.42 Å². The zero-order valence-electron chi connectivity index (χ0n) is 11.6. The molecule has 112 valence electrons. The van der Waals surface area contributed by atoms with Crippen LogP contribution in [0.1, 0.15) is 5.56 Å². The Labute approximate surface area is 125 Å². The monoisotopic (exact) mass is 315 g/mol. The average molecular weight is 315 g/mol. The minimum absolute atomic E-state index is 0.270. The largest absolute Gasteiger partial charge is 0.398 e. The van der Waals surface area contributed by atoms with Crippen molar-refractivity contribution in [2.24, 2.45) is 0 Å². The summed E-state index contributed by atoms with van der Waals surface area (Å²) in [4.78, 5) is 2.55. The van der Waals surface area contributed by atoms with Gasteiger partial charge in [0.05, 0.1) is 4.90 Å². The molecular weight excluding hydrogens is 294 g/mol. The van der Waals surface area contributed by atoms with E-state index in [1.807, 2.05) is 11.8 Å². The molecule has 0 atom stereocenters. The van der Waals surface area contributed by atoms with Crippen LogP contribution in [0.3, 0.4) is 0 Å². The van der Waals surface area contributed by atoms with Crippen LogP contribution in [0.25, 0.3) is 0 Å². The molecule has 0 unspecified atom stereocenters. The summed E-state index contributed by atoms with van der Waals surface area (Å²) >= 11 is 1.94. The van der Waals surface area contributed by atoms with E-state index in [0.29, 0.717) is 17.8 Å². The summed E-state index contributed by atoms with van der Waals surface area (Å²) in [5, 5.41) is 0. The second kappa shape index (κ2) is 6.80. The van der Waals surface area contributed by atoms with Gasteiger partial charge in [0, 0.05) is 43.4 Å². The highest BCUT2D eigenvalue weighted by atomic mass is 32.2. The van der Waals surface area contributed by atoms with Crippen LogP contribution < -0.4 is 10.5 Å². The fraction of sp³-hybridized carbons (Fsp3) is 0.538. The summed E-state index contributed by atoms with van der Waals surface area (Å²) in [5.74, 6) is 2.25. The standard InChI is InChI=1S/C13H21N3O2S2/c1-11-12(14)3-2-4-13(11)20(17,18)15-5-6-16-7-9-19-10-8-16/h2-4,15H,5-10,14H2,1H3. The highest BCUT2D eigenvalue weighted by Crippen LogP contribution is 2.20. The van der Waals surface area contributed by atoms with Crippen molar-refractivity contribution in [3.8, 4) is 0 Å². The van der Waals surface area contributed by atoms with Crippen molar-refractivity contribution in [2.45, 2.75) is 11.8 Å². The van der Waals surface area contributed by atoms with Crippen LogP contribution in [-0.2, 0) is 10.0 Å². The van der Waals surface area contributed by atoms with Crippen LogP contribution in [0.15, 0.2) is 23.1 Å². The van der Waals surface area contributed by atoms with Crippen molar-refractivity contribution in [1.82, 2.24) is 9.62 Å². The summed E-state index contributed by atoms with van der Waals surface area (Å²) in [6.07, 6.45) is 0. The zero-order valence-corrected chi connectivity index (χ0v) is 13.3. The summed E-state index contributed by atoms with van der Waals surface area (Å²) in [6, 6.07) is 4.96. The average Bonchev–Trinajstić information content (AvgIpc) is 2.42. The minimum atomic E-state index is -3.48. The van der Waals surface area contributed by atoms with E-state index < -0.39 is 10.0 Å². The van der Waals surface area contributed by atoms with E-state index in [2.05, 4.69) is 9.62 Å². The first-order chi connectivity index (χ1) is 9.50. The zero-order chi connectivity index (χ0) is 14.6. The van der Waals surface area contributed by atoms with Crippen molar-refractivity contribution < 1.29 is 8.42 Å². The molecule has 0 amide bonds. The molecule has 0 radical (unpaired) electrons. The first kappa shape index (κ1) is 15.6. The van der Waals surface area contributed by atoms with E-state index in [1.54, 1.807) is 25.1 Å². The molecule has 1 aromatic rings. The molecule has 0 aliphatic carbocycles. The maximum atomic E-state index is 12.3. The molecule has 1 heterocycles. The van der Waals surface area contributed by atoms with Gasteiger partial charge in [0.2, 0.25) is 10.0 Å². The second-order valence-corrected chi connectivity index (χ2v) is 7.78. The second-order valence-electron chi connectivity index (χ2n) is 4.82. The van der Waals surface area contributed by atoms with E-state index in [4.69, 9.17) is 5.73 Å². The number of thioether (sulfide) groups is 1. The number of nitrogens with two attached hydrogens (primary N) is 1. The van der Waals surface area contributed by atoms with Gasteiger partial charge in [-0.3, -0.25) is 0 Å². The first-order valence-electron chi connectivity index (χ1n) is 6.65. The van der Waals surface area contributed by atoms with E-state index in [0.717, 1.165) is 31.1 Å². The Hall–Kier alpha value is -0.760. The van der Waals surface area contributed by atoms with Gasteiger partial charge in [-0.1, -0.05) is 6.07 Å². The molecular formula is C13H21N3O2S2. The lowest BCUT2D eigenvalue weighted by Crippen LogP contribution is -2.39. The number of anilines is 1. The summed E-state index contributed by atoms with van der Waals surface area (Å²) in [6.45, 7) is 4.97. The predicted octanol–water partition coefficient (Wildman–Crippen LogP) is 0.904. The Bertz CT molecular complexity index is 555. The number of nitrogens with zero attached hydrogens (tertiary/aromatic N) is 1. The van der Waals surface area contributed by atoms with Gasteiger partial charge < -0.3 is 10.6 Å². The van der Waals surface area contributed by atoms with Gasteiger partial charge in [0.25, 0.3) is 0 Å². The highest BCUT2D eigenvalue weighted by Gasteiger charge is 2.18. The van der Waals surface area contributed by atoms with Crippen LogP contribution in [0, 0.1) is 6.92 Å². The van der Waals surface area contributed by atoms with Gasteiger partial charge in [-0.15, -0.1) is 0 Å². The van der Waals surface area contributed by atoms with Gasteiger partial charge in [-0.05, 0) is 24.6 Å². The molecule has 1 fully saturated rings. The number of sulfonamides is 1. The molecule has 0 aromatic heterocycles. The SMILES string of the molecule is Cc1c(N)cccc1S(=O)(=O)NCCN1CCSCC1. The van der Waals surface area contributed by atoms with Crippen molar-refractivity contribution in [1.29, 1.82) is 0 Å². The first-order valence-corrected chi connectivity index (χ1v) is 9.29. The van der Waals surface area contributed by atoms with Crippen LogP contribution in [0.5, 0.6) is 0 Å². The number of hydrogen-bond donors (Lipinski definition) is 2. The van der Waals surface area contributed by atoms with Crippen molar-refractivity contribution in [2.75, 3.05) is 43.4 Å². The molecule has 1 saturated heterocycles. The van der Waals surface area contributed by atoms with E-state index >= 15 is 0 Å². The molecule has 2 rings (SSSR count). The molecule has 5 nitrogen and oxygen atoms in total. The van der Waals surface area contributed by atoms with Gasteiger partial charge in [0.15, 0.2) is 0 Å². The molecule has 1 aliphatic rings. The van der Waals surface area contributed by atoms with Crippen molar-refractivity contribution >= 4 is 27.5 Å². The van der Waals surface area contributed by atoms with Gasteiger partial charge in [0.1, 0.15) is 0 Å². The lowest BCUT2D eigenvalue weighted by molar-refractivity contribution is 0.307. The summed E-state index contributed by atoms with van der Waals surface area (Å²) in [7, 11) is -3.48. The fourth-order valence-electron chi connectivity index (χ4n) is 2.16. The van der Waals surface area contributed by atoms with Crippen molar-refractivity contribution in [3.05, 3.63) is 23.8 Å². The summed E-state index contributed by atoms with van der Waals surface area (Å²) < 4.78 is 27.2. The highest BCUT2D eigenvalue weighted by molar-refractivity contribution is 7.99. The Balaban J connectivity index is 1.95. The van der Waals surface area contributed by atoms with Crippen LogP contribution in [0.2, 0.25) is 0 Å². The Morgan fingerprint density at radius 1 is 1.35 bits per heavy atom. The van der Waals surface area contributed by atoms with E-state index in [1.165, 1.54) is 0 Å². The van der Waals surface area contributed by atoms with Crippen molar-refractivity contribution in [3.63, 3.8) is 0 Å². The molecule has 7 heteroatoms. The minimum Gasteiger partial charge on any atom is -0.398 e. The Morgan fingerprint density at radius 3 is 2.75 bits per heavy atom. The number of nitrogens with one attached hydrogen (secondary N) is 1. The molecule has 0 saturated carbocycles. The number of benzene rings is 1. The Morgan fingerprint density at radius 2 is 2.05 bits per heavy atom. The number of rotatable bonds is 5. The molecule has 3 N–H and O–H groups in total. The van der Waals surface area contributed by atoms with Gasteiger partial charge in [-0.2, -0.15) is 11.8 Å². The number of hydrogen-bond acceptors (Lipinski definition) is 5. The predicted molar refractivity (Wildman–Crippen MR) is 84.5 cm³/mol. The lowest BCUT2D eigenvalue weighted by atomic mass is 10.2. The summed E-state index contributed by atoms with van der Waals surface area (Å²) in [5.41, 5.74) is 6.87. The lowest BCUT2D eigenvalue weighted by Gasteiger charge is -2.26. The topological polar surface area (TPSA) is 75.4 Å². The molecule has 1 aliphatic heterocycles. The fourth-order valence-corrected chi connectivity index (χ4v) is 4.44. The van der Waals surface area contributed by atoms with Gasteiger partial charge in [-0.25, -0.2) is 13.1 Å². The van der Waals surface area contributed by atoms with E-state index in [-0.39, 0.29) is 4.90 Å². The van der Waals surface area contributed by atoms with Crippen LogP contribution >= 0.6 is 11.8 Å². The third-order valence-corrected chi connectivity index (χ3v) is 5.99. The normalized spacial score (nSPS) is 17.2. The molecule has 1 aromatic carbocycles. The van der Waals surface area contributed by atoms with Crippen LogP contribution in [-0.4, -0.2) is 51.0 Å². The van der Waals surface area contributed by atoms with Crippen LogP contribution in [0.4, 0.5) is 5.69 Å². The molecule has 0 bridgehead atoms. The Kier molecular flexibility index (Phi) is 5.31. The third kappa shape index (κ3) is 3.88. The van der Waals surface area contributed by atoms with Gasteiger partial charge >= 0.3 is 0 Å². The molecule has 0 spiro atoms. The number of nitrogen functional groups attached to an aromatic ring is 1. The maximum absolute atomic E-state index is 12.3. The quantitative estimate of drug-likeness (QED) is 0.790. The third-order valence-electron chi connectivity index (χ3n) is 3.44. The maximum Gasteiger partial charge on any atom is 0.240 e.